The summed E-state index contributed by atoms with van der Waals surface area (Å²) in [6.45, 7) is 3.11. The van der Waals surface area contributed by atoms with Gasteiger partial charge in [-0.15, -0.1) is 0 Å². The summed E-state index contributed by atoms with van der Waals surface area (Å²) in [7, 11) is 1.20. The lowest BCUT2D eigenvalue weighted by Gasteiger charge is -2.14. The molecule has 4 rings (SSSR count). The Balaban J connectivity index is 0.000000343. The minimum atomic E-state index is -4.43. The van der Waals surface area contributed by atoms with Gasteiger partial charge in [0.05, 0.1) is 57.4 Å². The van der Waals surface area contributed by atoms with E-state index >= 15 is 0 Å². The van der Waals surface area contributed by atoms with Crippen molar-refractivity contribution < 1.29 is 31.8 Å². The van der Waals surface area contributed by atoms with Gasteiger partial charge < -0.3 is 14.2 Å². The number of nitrogens with zero attached hydrogens (tertiary/aromatic N) is 2. The number of nitrogens with one attached hydrogen (secondary N) is 1. The van der Waals surface area contributed by atoms with Gasteiger partial charge >= 0.3 is 6.18 Å². The zero-order valence-corrected chi connectivity index (χ0v) is 15.6. The van der Waals surface area contributed by atoms with Crippen molar-refractivity contribution in [2.75, 3.05) is 33.5 Å². The maximum atomic E-state index is 13.9. The number of alkyl halides is 3. The fraction of sp³-hybridized carbons (Fsp3) is 0.368. The number of hydrogen-bond acceptors (Lipinski definition) is 5. The second-order valence-electron chi connectivity index (χ2n) is 6.19. The number of rotatable bonds is 3. The van der Waals surface area contributed by atoms with Crippen LogP contribution in [-0.2, 0) is 15.9 Å². The fourth-order valence-electron chi connectivity index (χ4n) is 2.78. The molecule has 0 aliphatic carbocycles. The van der Waals surface area contributed by atoms with Crippen LogP contribution < -0.4 is 4.74 Å². The minimum absolute atomic E-state index is 0.0668. The van der Waals surface area contributed by atoms with Crippen molar-refractivity contribution in [2.45, 2.75) is 12.6 Å². The van der Waals surface area contributed by atoms with E-state index in [1.54, 1.807) is 0 Å². The number of aromatic amines is 1. The summed E-state index contributed by atoms with van der Waals surface area (Å²) in [5.74, 6) is -0.990. The maximum absolute atomic E-state index is 13.9. The number of methoxy groups -OCH3 is 1. The normalized spacial score (nSPS) is 14.4. The molecule has 3 aromatic rings. The fourth-order valence-corrected chi connectivity index (χ4v) is 2.78. The third-order valence-electron chi connectivity index (χ3n) is 4.11. The Morgan fingerprint density at radius 2 is 1.76 bits per heavy atom. The summed E-state index contributed by atoms with van der Waals surface area (Å²) in [4.78, 5) is 4.10. The summed E-state index contributed by atoms with van der Waals surface area (Å²) in [5, 5.41) is 7.24. The number of H-pyrrole nitrogens is 1. The number of hydrogen-bond donors (Lipinski definition) is 1. The van der Waals surface area contributed by atoms with E-state index in [0.29, 0.717) is 10.9 Å². The first-order chi connectivity index (χ1) is 13.9. The van der Waals surface area contributed by atoms with E-state index in [1.807, 2.05) is 0 Å². The molecule has 3 heterocycles. The molecule has 10 heteroatoms. The van der Waals surface area contributed by atoms with Gasteiger partial charge in [0.15, 0.2) is 11.6 Å². The van der Waals surface area contributed by atoms with Crippen molar-refractivity contribution in [1.29, 1.82) is 0 Å². The molecule has 29 heavy (non-hydrogen) atoms. The average Bonchev–Trinajstić information content (AvgIpc) is 3.17. The molecule has 2 aromatic heterocycles. The summed E-state index contributed by atoms with van der Waals surface area (Å²) < 4.78 is 67.0. The van der Waals surface area contributed by atoms with Crippen LogP contribution in [0.4, 0.5) is 17.6 Å². The topological polar surface area (TPSA) is 69.3 Å². The molecule has 1 aliphatic heterocycles. The molecule has 0 atom stereocenters. The van der Waals surface area contributed by atoms with Gasteiger partial charge in [-0.3, -0.25) is 10.1 Å². The Morgan fingerprint density at radius 1 is 1.07 bits per heavy atom. The third-order valence-corrected chi connectivity index (χ3v) is 4.11. The summed E-state index contributed by atoms with van der Waals surface area (Å²) in [5.41, 5.74) is 0.783. The van der Waals surface area contributed by atoms with Gasteiger partial charge in [0, 0.05) is 17.1 Å². The Morgan fingerprint density at radius 3 is 2.34 bits per heavy atom. The number of fused-ring (bicyclic) bond motifs is 1. The molecule has 1 N–H and O–H groups in total. The largest absolute Gasteiger partial charge is 0.494 e. The van der Waals surface area contributed by atoms with E-state index in [-0.39, 0.29) is 22.6 Å². The number of aromatic nitrogens is 3. The minimum Gasteiger partial charge on any atom is -0.494 e. The molecule has 156 valence electrons. The lowest BCUT2D eigenvalue weighted by atomic mass is 10.00. The average molecular weight is 413 g/mol. The van der Waals surface area contributed by atoms with Crippen molar-refractivity contribution in [2.24, 2.45) is 0 Å². The second kappa shape index (κ2) is 9.19. The van der Waals surface area contributed by atoms with Gasteiger partial charge in [0.25, 0.3) is 0 Å². The highest BCUT2D eigenvalue weighted by molar-refractivity contribution is 5.82. The Labute approximate surface area is 163 Å². The van der Waals surface area contributed by atoms with Crippen LogP contribution in [0.25, 0.3) is 22.2 Å². The Hall–Kier alpha value is -2.72. The highest BCUT2D eigenvalue weighted by Gasteiger charge is 2.30. The van der Waals surface area contributed by atoms with Crippen LogP contribution >= 0.6 is 0 Å². The van der Waals surface area contributed by atoms with Crippen molar-refractivity contribution >= 4 is 10.9 Å². The van der Waals surface area contributed by atoms with Crippen molar-refractivity contribution in [3.05, 3.63) is 42.0 Å². The zero-order chi connectivity index (χ0) is 20.9. The molecule has 1 fully saturated rings. The molecule has 0 unspecified atom stereocenters. The lowest BCUT2D eigenvalue weighted by molar-refractivity contribution is -0.127. The number of benzene rings is 1. The van der Waals surface area contributed by atoms with Crippen LogP contribution in [0.2, 0.25) is 0 Å². The van der Waals surface area contributed by atoms with Gasteiger partial charge in [0.2, 0.25) is 0 Å². The van der Waals surface area contributed by atoms with Crippen LogP contribution in [0.15, 0.2) is 30.6 Å². The van der Waals surface area contributed by atoms with Gasteiger partial charge in [-0.2, -0.15) is 18.3 Å². The second-order valence-corrected chi connectivity index (χ2v) is 6.19. The van der Waals surface area contributed by atoms with Gasteiger partial charge in [-0.25, -0.2) is 4.39 Å². The van der Waals surface area contributed by atoms with Crippen molar-refractivity contribution in [3.8, 4) is 17.0 Å². The maximum Gasteiger partial charge on any atom is 0.393 e. The van der Waals surface area contributed by atoms with E-state index in [0.717, 1.165) is 38.6 Å². The number of ether oxygens (including phenoxy) is 3. The smallest absolute Gasteiger partial charge is 0.393 e. The van der Waals surface area contributed by atoms with Crippen molar-refractivity contribution in [3.63, 3.8) is 0 Å². The lowest BCUT2D eigenvalue weighted by Crippen LogP contribution is -2.16. The highest BCUT2D eigenvalue weighted by Crippen LogP contribution is 2.34. The summed E-state index contributed by atoms with van der Waals surface area (Å²) in [6.07, 6.45) is -2.64. The number of halogens is 4. The first-order valence-corrected chi connectivity index (χ1v) is 8.75. The van der Waals surface area contributed by atoms with E-state index in [9.17, 15) is 17.6 Å². The van der Waals surface area contributed by atoms with Crippen LogP contribution in [0.3, 0.4) is 0 Å². The van der Waals surface area contributed by atoms with Gasteiger partial charge in [-0.05, 0) is 23.8 Å². The molecule has 0 spiro atoms. The van der Waals surface area contributed by atoms with Crippen LogP contribution in [0.5, 0.6) is 5.75 Å². The molecule has 0 radical (unpaired) electrons. The van der Waals surface area contributed by atoms with E-state index in [1.165, 1.54) is 25.6 Å². The molecular weight excluding hydrogens is 394 g/mol. The molecule has 1 aliphatic rings. The molecule has 0 bridgehead atoms. The highest BCUT2D eigenvalue weighted by atomic mass is 19.4. The van der Waals surface area contributed by atoms with Crippen molar-refractivity contribution in [1.82, 2.24) is 15.2 Å². The van der Waals surface area contributed by atoms with E-state index in [2.05, 4.69) is 15.2 Å². The zero-order valence-electron chi connectivity index (χ0n) is 15.6. The molecule has 0 amide bonds. The molecular formula is C19H19F4N3O3. The quantitative estimate of drug-likeness (QED) is 0.660. The van der Waals surface area contributed by atoms with E-state index in [4.69, 9.17) is 14.2 Å². The molecule has 1 aromatic carbocycles. The summed E-state index contributed by atoms with van der Waals surface area (Å²) >= 11 is 0. The summed E-state index contributed by atoms with van der Waals surface area (Å²) in [6, 6.07) is 3.59. The predicted molar refractivity (Wildman–Crippen MR) is 97.2 cm³/mol. The number of pyridine rings is 1. The van der Waals surface area contributed by atoms with E-state index < -0.39 is 18.4 Å². The first-order valence-electron chi connectivity index (χ1n) is 8.75. The SMILES string of the molecule is C1COCCO1.COc1cc(CC(F)(F)F)c(-c2cc3[nH]ncc3cn2)cc1F. The molecule has 0 saturated carbocycles. The monoisotopic (exact) mass is 413 g/mol. The predicted octanol–water partition coefficient (Wildman–Crippen LogP) is 3.91. The molecule has 6 nitrogen and oxygen atoms in total. The van der Waals surface area contributed by atoms with Crippen LogP contribution in [0.1, 0.15) is 5.56 Å². The molecule has 1 saturated heterocycles. The third kappa shape index (κ3) is 5.64. The van der Waals surface area contributed by atoms with Gasteiger partial charge in [0.1, 0.15) is 0 Å². The Bertz CT molecular complexity index is 944. The van der Waals surface area contributed by atoms with Gasteiger partial charge in [-0.1, -0.05) is 0 Å². The standard InChI is InChI=1S/C15H11F4N3O.C4H8O2/c1-23-14-2-8(5-15(17,18)19)10(3-11(14)16)13-4-12-9(6-20-13)7-21-22-12;1-2-6-4-3-5-1/h2-4,6-7H,5H2,1H3,(H,21,22);1-4H2. The first kappa shape index (κ1) is 21.0. The van der Waals surface area contributed by atoms with Crippen LogP contribution in [0, 0.1) is 5.82 Å². The Kier molecular flexibility index (Phi) is 6.65. The van der Waals surface area contributed by atoms with Crippen LogP contribution in [-0.4, -0.2) is 54.9 Å².